The Morgan fingerprint density at radius 2 is 1.37 bits per heavy atom. The molecule has 1 aliphatic rings. The van der Waals surface area contributed by atoms with Gasteiger partial charge < -0.3 is 5.73 Å². The molecule has 106 valence electrons. The van der Waals surface area contributed by atoms with Gasteiger partial charge in [-0.3, -0.25) is 9.59 Å². The van der Waals surface area contributed by atoms with Crippen LogP contribution in [0.2, 0.25) is 0 Å². The number of ketones is 2. The van der Waals surface area contributed by atoms with E-state index in [-0.39, 0.29) is 17.3 Å². The first-order valence-electron chi connectivity index (χ1n) is 7.42. The van der Waals surface area contributed by atoms with Crippen molar-refractivity contribution >= 4 is 11.6 Å². The number of carbonyl (C=O) groups is 2. The lowest BCUT2D eigenvalue weighted by molar-refractivity contribution is -0.115. The Morgan fingerprint density at radius 3 is 2.00 bits per heavy atom. The third kappa shape index (κ3) is 5.41. The highest BCUT2D eigenvalue weighted by Crippen LogP contribution is 2.18. The molecule has 0 heterocycles. The zero-order chi connectivity index (χ0) is 14.1. The average molecular weight is 263 g/mol. The standard InChI is InChI=1S/C16H25NO2/c1-2-3-4-5-6-7-8-9-10-13-14(18)11-12-15(19)16(13)17/h11-12H,2-10,17H2,1H3. The molecule has 19 heavy (non-hydrogen) atoms. The number of rotatable bonds is 9. The van der Waals surface area contributed by atoms with Crippen LogP contribution in [0, 0.1) is 0 Å². The van der Waals surface area contributed by atoms with E-state index in [9.17, 15) is 9.59 Å². The number of carbonyl (C=O) groups excluding carboxylic acids is 2. The number of hydrogen-bond acceptors (Lipinski definition) is 3. The molecule has 0 fully saturated rings. The largest absolute Gasteiger partial charge is 0.395 e. The lowest BCUT2D eigenvalue weighted by atomic mass is 9.95. The molecule has 2 N–H and O–H groups in total. The minimum atomic E-state index is -0.228. The van der Waals surface area contributed by atoms with E-state index in [1.54, 1.807) is 0 Å². The van der Waals surface area contributed by atoms with Gasteiger partial charge in [0, 0.05) is 5.57 Å². The summed E-state index contributed by atoms with van der Waals surface area (Å²) in [6.07, 6.45) is 13.0. The van der Waals surface area contributed by atoms with Gasteiger partial charge in [0.25, 0.3) is 0 Å². The molecule has 0 aromatic rings. The number of unbranched alkanes of at least 4 members (excludes halogenated alkanes) is 7. The van der Waals surface area contributed by atoms with E-state index in [2.05, 4.69) is 6.92 Å². The van der Waals surface area contributed by atoms with E-state index >= 15 is 0 Å². The zero-order valence-electron chi connectivity index (χ0n) is 11.9. The van der Waals surface area contributed by atoms with Crippen LogP contribution in [0.1, 0.15) is 64.7 Å². The molecule has 0 saturated heterocycles. The summed E-state index contributed by atoms with van der Waals surface area (Å²) in [6, 6.07) is 0. The Labute approximate surface area is 115 Å². The first-order valence-corrected chi connectivity index (χ1v) is 7.42. The third-order valence-corrected chi connectivity index (χ3v) is 3.55. The van der Waals surface area contributed by atoms with Gasteiger partial charge in [-0.1, -0.05) is 51.9 Å². The van der Waals surface area contributed by atoms with Crippen LogP contribution in [0.5, 0.6) is 0 Å². The van der Waals surface area contributed by atoms with Crippen LogP contribution in [0.4, 0.5) is 0 Å². The monoisotopic (exact) mass is 263 g/mol. The van der Waals surface area contributed by atoms with Crippen molar-refractivity contribution in [2.75, 3.05) is 0 Å². The number of allylic oxidation sites excluding steroid dienone is 3. The molecule has 0 bridgehead atoms. The van der Waals surface area contributed by atoms with Crippen molar-refractivity contribution in [1.29, 1.82) is 0 Å². The van der Waals surface area contributed by atoms with Crippen molar-refractivity contribution in [3.05, 3.63) is 23.4 Å². The van der Waals surface area contributed by atoms with E-state index < -0.39 is 0 Å². The molecule has 3 nitrogen and oxygen atoms in total. The molecular weight excluding hydrogens is 238 g/mol. The van der Waals surface area contributed by atoms with Gasteiger partial charge >= 0.3 is 0 Å². The fourth-order valence-electron chi connectivity index (χ4n) is 2.32. The first kappa shape index (κ1) is 15.7. The molecule has 0 aromatic carbocycles. The molecule has 3 heteroatoms. The number of hydrogen-bond donors (Lipinski definition) is 1. The second kappa shape index (κ2) is 8.68. The van der Waals surface area contributed by atoms with E-state index in [0.29, 0.717) is 12.0 Å². The maximum absolute atomic E-state index is 11.6. The molecule has 0 unspecified atom stereocenters. The minimum absolute atomic E-state index is 0.0972. The lowest BCUT2D eigenvalue weighted by Crippen LogP contribution is -2.20. The van der Waals surface area contributed by atoms with Gasteiger partial charge in [-0.2, -0.15) is 0 Å². The summed E-state index contributed by atoms with van der Waals surface area (Å²) < 4.78 is 0. The maximum atomic E-state index is 11.6. The SMILES string of the molecule is CCCCCCCCCCC1=C(N)C(=O)C=CC1=O. The van der Waals surface area contributed by atoms with Crippen LogP contribution in [-0.4, -0.2) is 11.6 Å². The molecule has 0 aliphatic heterocycles. The molecule has 0 saturated carbocycles. The molecule has 0 amide bonds. The van der Waals surface area contributed by atoms with Crippen LogP contribution in [0.25, 0.3) is 0 Å². The highest BCUT2D eigenvalue weighted by atomic mass is 16.1. The lowest BCUT2D eigenvalue weighted by Gasteiger charge is -2.10. The Bertz CT molecular complexity index is 380. The van der Waals surface area contributed by atoms with E-state index in [4.69, 9.17) is 5.73 Å². The highest BCUT2D eigenvalue weighted by Gasteiger charge is 2.19. The Morgan fingerprint density at radius 1 is 0.842 bits per heavy atom. The van der Waals surface area contributed by atoms with Gasteiger partial charge in [0.15, 0.2) is 5.78 Å². The number of nitrogens with two attached hydrogens (primary N) is 1. The van der Waals surface area contributed by atoms with Gasteiger partial charge in [-0.05, 0) is 25.0 Å². The van der Waals surface area contributed by atoms with E-state index in [1.165, 1.54) is 50.7 Å². The van der Waals surface area contributed by atoms with E-state index in [0.717, 1.165) is 12.8 Å². The van der Waals surface area contributed by atoms with E-state index in [1.807, 2.05) is 0 Å². The maximum Gasteiger partial charge on any atom is 0.202 e. The Hall–Kier alpha value is -1.38. The predicted octanol–water partition coefficient (Wildman–Crippen LogP) is 3.44. The third-order valence-electron chi connectivity index (χ3n) is 3.55. The molecule has 0 atom stereocenters. The van der Waals surface area contributed by atoms with Gasteiger partial charge in [-0.25, -0.2) is 0 Å². The normalized spacial score (nSPS) is 15.4. The van der Waals surface area contributed by atoms with Crippen molar-refractivity contribution in [3.63, 3.8) is 0 Å². The minimum Gasteiger partial charge on any atom is -0.395 e. The topological polar surface area (TPSA) is 60.2 Å². The molecule has 1 rings (SSSR count). The van der Waals surface area contributed by atoms with Gasteiger partial charge in [-0.15, -0.1) is 0 Å². The van der Waals surface area contributed by atoms with Gasteiger partial charge in [0.05, 0.1) is 5.70 Å². The van der Waals surface area contributed by atoms with Crippen LogP contribution >= 0.6 is 0 Å². The van der Waals surface area contributed by atoms with Crippen molar-refractivity contribution in [1.82, 2.24) is 0 Å². The Kier molecular flexibility index (Phi) is 7.16. The predicted molar refractivity (Wildman–Crippen MR) is 77.6 cm³/mol. The van der Waals surface area contributed by atoms with Crippen molar-refractivity contribution in [3.8, 4) is 0 Å². The zero-order valence-corrected chi connectivity index (χ0v) is 11.9. The van der Waals surface area contributed by atoms with Crippen LogP contribution in [0.3, 0.4) is 0 Å². The summed E-state index contributed by atoms with van der Waals surface area (Å²) in [5, 5.41) is 0. The molecular formula is C16H25NO2. The molecule has 0 radical (unpaired) electrons. The Balaban J connectivity index is 2.17. The average Bonchev–Trinajstić information content (AvgIpc) is 2.40. The summed E-state index contributed by atoms with van der Waals surface area (Å²) in [7, 11) is 0. The fraction of sp³-hybridized carbons (Fsp3) is 0.625. The summed E-state index contributed by atoms with van der Waals surface area (Å²) in [5.74, 6) is -0.325. The summed E-state index contributed by atoms with van der Waals surface area (Å²) in [6.45, 7) is 2.22. The van der Waals surface area contributed by atoms with Crippen LogP contribution in [-0.2, 0) is 9.59 Å². The second-order valence-corrected chi connectivity index (χ2v) is 5.18. The highest BCUT2D eigenvalue weighted by molar-refractivity contribution is 6.19. The van der Waals surface area contributed by atoms with Crippen molar-refractivity contribution in [2.45, 2.75) is 64.7 Å². The molecule has 0 aromatic heterocycles. The van der Waals surface area contributed by atoms with Crippen molar-refractivity contribution < 1.29 is 9.59 Å². The molecule has 0 spiro atoms. The summed E-state index contributed by atoms with van der Waals surface area (Å²) in [4.78, 5) is 23.0. The van der Waals surface area contributed by atoms with Crippen LogP contribution < -0.4 is 5.73 Å². The van der Waals surface area contributed by atoms with Gasteiger partial charge in [0.2, 0.25) is 5.78 Å². The summed E-state index contributed by atoms with van der Waals surface area (Å²) in [5.41, 5.74) is 6.33. The second-order valence-electron chi connectivity index (χ2n) is 5.18. The molecule has 1 aliphatic carbocycles. The smallest absolute Gasteiger partial charge is 0.202 e. The van der Waals surface area contributed by atoms with Gasteiger partial charge in [0.1, 0.15) is 0 Å². The van der Waals surface area contributed by atoms with Crippen LogP contribution in [0.15, 0.2) is 23.4 Å². The van der Waals surface area contributed by atoms with Crippen molar-refractivity contribution in [2.24, 2.45) is 5.73 Å². The first-order chi connectivity index (χ1) is 9.16. The fourth-order valence-corrected chi connectivity index (χ4v) is 2.32. The summed E-state index contributed by atoms with van der Waals surface area (Å²) >= 11 is 0. The quantitative estimate of drug-likeness (QED) is 0.512.